The van der Waals surface area contributed by atoms with E-state index >= 15 is 0 Å². The Balaban J connectivity index is 2.14. The first-order valence-electron chi connectivity index (χ1n) is 4.34. The van der Waals surface area contributed by atoms with Gasteiger partial charge in [-0.1, -0.05) is 22.9 Å². The average molecular weight is 235 g/mol. The highest BCUT2D eigenvalue weighted by molar-refractivity contribution is 7.19. The third kappa shape index (κ3) is 1.94. The van der Waals surface area contributed by atoms with E-state index in [1.807, 2.05) is 0 Å². The Morgan fingerprint density at radius 3 is 2.79 bits per heavy atom. The van der Waals surface area contributed by atoms with E-state index in [0.29, 0.717) is 10.2 Å². The molecule has 0 saturated carbocycles. The molecule has 4 nitrogen and oxygen atoms in total. The molecule has 1 saturated heterocycles. The molecule has 2 heterocycles. The first kappa shape index (κ1) is 10.0. The van der Waals surface area contributed by atoms with Gasteiger partial charge in [0.15, 0.2) is 9.47 Å². The number of morpholine rings is 1. The molecular formula is C8H11ClN2O2S. The summed E-state index contributed by atoms with van der Waals surface area (Å²) in [5.74, 6) is 0.512. The van der Waals surface area contributed by atoms with Gasteiger partial charge in [-0.3, -0.25) is 0 Å². The number of halogens is 1. The molecule has 1 fully saturated rings. The smallest absolute Gasteiger partial charge is 0.245 e. The molecule has 1 aliphatic heterocycles. The molecule has 0 radical (unpaired) electrons. The highest BCUT2D eigenvalue weighted by Crippen LogP contribution is 2.35. The van der Waals surface area contributed by atoms with Crippen molar-refractivity contribution in [3.8, 4) is 5.88 Å². The zero-order valence-corrected chi connectivity index (χ0v) is 9.40. The molecule has 1 aromatic heterocycles. The molecule has 1 aliphatic rings. The molecule has 1 aromatic rings. The Kier molecular flexibility index (Phi) is 3.10. The molecule has 0 atom stereocenters. The predicted octanol–water partition coefficient (Wildman–Crippen LogP) is 1.64. The van der Waals surface area contributed by atoms with Crippen molar-refractivity contribution < 1.29 is 9.47 Å². The van der Waals surface area contributed by atoms with Gasteiger partial charge in [0.25, 0.3) is 0 Å². The molecule has 6 heteroatoms. The monoisotopic (exact) mass is 234 g/mol. The number of nitrogens with zero attached hydrogens (tertiary/aromatic N) is 2. The van der Waals surface area contributed by atoms with Gasteiger partial charge in [0.05, 0.1) is 20.3 Å². The molecule has 0 spiro atoms. The molecule has 0 N–H and O–H groups in total. The Labute approximate surface area is 91.4 Å². The van der Waals surface area contributed by atoms with Crippen LogP contribution in [0, 0.1) is 0 Å². The quantitative estimate of drug-likeness (QED) is 0.779. The van der Waals surface area contributed by atoms with E-state index in [9.17, 15) is 0 Å². The molecule has 0 amide bonds. The standard InChI is InChI=1S/C8H11ClN2O2S/c1-12-7-6(9)14-8(10-7)11-2-4-13-5-3-11/h2-5H2,1H3. The summed E-state index contributed by atoms with van der Waals surface area (Å²) in [5, 5.41) is 0.912. The maximum Gasteiger partial charge on any atom is 0.245 e. The minimum atomic E-state index is 0.512. The molecular weight excluding hydrogens is 224 g/mol. The van der Waals surface area contributed by atoms with Gasteiger partial charge < -0.3 is 14.4 Å². The third-order valence-corrected chi connectivity index (χ3v) is 3.30. The first-order chi connectivity index (χ1) is 6.81. The van der Waals surface area contributed by atoms with Crippen LogP contribution in [-0.4, -0.2) is 38.4 Å². The van der Waals surface area contributed by atoms with E-state index in [-0.39, 0.29) is 0 Å². The lowest BCUT2D eigenvalue weighted by Crippen LogP contribution is -2.36. The Hall–Kier alpha value is -0.520. The zero-order valence-electron chi connectivity index (χ0n) is 7.83. The highest BCUT2D eigenvalue weighted by atomic mass is 35.5. The van der Waals surface area contributed by atoms with Crippen molar-refractivity contribution in [1.29, 1.82) is 0 Å². The number of anilines is 1. The Morgan fingerprint density at radius 1 is 1.50 bits per heavy atom. The van der Waals surface area contributed by atoms with E-state index in [1.54, 1.807) is 7.11 Å². The van der Waals surface area contributed by atoms with Crippen LogP contribution in [0.2, 0.25) is 4.34 Å². The predicted molar refractivity (Wildman–Crippen MR) is 56.7 cm³/mol. The summed E-state index contributed by atoms with van der Waals surface area (Å²) < 4.78 is 10.9. The second kappa shape index (κ2) is 4.33. The molecule has 78 valence electrons. The molecule has 0 aromatic carbocycles. The maximum atomic E-state index is 5.94. The van der Waals surface area contributed by atoms with Gasteiger partial charge in [-0.2, -0.15) is 4.98 Å². The van der Waals surface area contributed by atoms with Crippen molar-refractivity contribution in [1.82, 2.24) is 4.98 Å². The largest absolute Gasteiger partial charge is 0.479 e. The number of rotatable bonds is 2. The molecule has 0 unspecified atom stereocenters. The van der Waals surface area contributed by atoms with Crippen LogP contribution in [0.3, 0.4) is 0 Å². The van der Waals surface area contributed by atoms with Crippen LogP contribution < -0.4 is 9.64 Å². The minimum absolute atomic E-state index is 0.512. The Morgan fingerprint density at radius 2 is 2.21 bits per heavy atom. The summed E-state index contributed by atoms with van der Waals surface area (Å²) in [6, 6.07) is 0. The lowest BCUT2D eigenvalue weighted by molar-refractivity contribution is 0.122. The van der Waals surface area contributed by atoms with E-state index in [0.717, 1.165) is 31.4 Å². The van der Waals surface area contributed by atoms with Crippen molar-refractivity contribution in [2.24, 2.45) is 0 Å². The SMILES string of the molecule is COc1nc(N2CCOCC2)sc1Cl. The van der Waals surface area contributed by atoms with Crippen LogP contribution in [0.1, 0.15) is 0 Å². The summed E-state index contributed by atoms with van der Waals surface area (Å²) in [4.78, 5) is 6.44. The fourth-order valence-corrected chi connectivity index (χ4v) is 2.44. The average Bonchev–Trinajstić information content (AvgIpc) is 2.61. The second-order valence-corrected chi connectivity index (χ2v) is 4.46. The zero-order chi connectivity index (χ0) is 9.97. The molecule has 0 bridgehead atoms. The fourth-order valence-electron chi connectivity index (χ4n) is 1.29. The summed E-state index contributed by atoms with van der Waals surface area (Å²) in [6.45, 7) is 3.24. The number of thiazole rings is 1. The van der Waals surface area contributed by atoms with Gasteiger partial charge in [-0.25, -0.2) is 0 Å². The number of ether oxygens (including phenoxy) is 2. The van der Waals surface area contributed by atoms with Gasteiger partial charge in [0, 0.05) is 13.1 Å². The van der Waals surface area contributed by atoms with Crippen LogP contribution in [0.15, 0.2) is 0 Å². The van der Waals surface area contributed by atoms with E-state index in [1.165, 1.54) is 11.3 Å². The second-order valence-electron chi connectivity index (χ2n) is 2.88. The van der Waals surface area contributed by atoms with Crippen molar-refractivity contribution in [2.45, 2.75) is 0 Å². The van der Waals surface area contributed by atoms with Crippen molar-refractivity contribution >= 4 is 28.1 Å². The summed E-state index contributed by atoms with van der Waals surface area (Å²) in [5.41, 5.74) is 0. The molecule has 14 heavy (non-hydrogen) atoms. The Bertz CT molecular complexity index is 312. The van der Waals surface area contributed by atoms with Crippen molar-refractivity contribution in [3.63, 3.8) is 0 Å². The minimum Gasteiger partial charge on any atom is -0.479 e. The van der Waals surface area contributed by atoms with Crippen LogP contribution in [0.5, 0.6) is 5.88 Å². The third-order valence-electron chi connectivity index (χ3n) is 2.02. The summed E-state index contributed by atoms with van der Waals surface area (Å²) in [6.07, 6.45) is 0. The van der Waals surface area contributed by atoms with Crippen LogP contribution in [-0.2, 0) is 4.74 Å². The van der Waals surface area contributed by atoms with Crippen molar-refractivity contribution in [3.05, 3.63) is 4.34 Å². The fraction of sp³-hybridized carbons (Fsp3) is 0.625. The summed E-state index contributed by atoms with van der Waals surface area (Å²) >= 11 is 7.38. The van der Waals surface area contributed by atoms with Crippen LogP contribution in [0.4, 0.5) is 5.13 Å². The lowest BCUT2D eigenvalue weighted by Gasteiger charge is -2.25. The van der Waals surface area contributed by atoms with E-state index in [2.05, 4.69) is 9.88 Å². The van der Waals surface area contributed by atoms with Gasteiger partial charge in [-0.05, 0) is 0 Å². The number of hydrogen-bond donors (Lipinski definition) is 0. The van der Waals surface area contributed by atoms with Gasteiger partial charge in [0.1, 0.15) is 0 Å². The maximum absolute atomic E-state index is 5.94. The molecule has 0 aliphatic carbocycles. The number of aromatic nitrogens is 1. The normalized spacial score (nSPS) is 17.1. The highest BCUT2D eigenvalue weighted by Gasteiger charge is 2.17. The summed E-state index contributed by atoms with van der Waals surface area (Å²) in [7, 11) is 1.57. The first-order valence-corrected chi connectivity index (χ1v) is 5.53. The van der Waals surface area contributed by atoms with E-state index in [4.69, 9.17) is 21.1 Å². The van der Waals surface area contributed by atoms with Crippen molar-refractivity contribution in [2.75, 3.05) is 38.3 Å². The van der Waals surface area contributed by atoms with Crippen LogP contribution >= 0.6 is 22.9 Å². The van der Waals surface area contributed by atoms with Gasteiger partial charge in [0.2, 0.25) is 5.88 Å². The number of hydrogen-bond acceptors (Lipinski definition) is 5. The van der Waals surface area contributed by atoms with Gasteiger partial charge >= 0.3 is 0 Å². The topological polar surface area (TPSA) is 34.6 Å². The van der Waals surface area contributed by atoms with Crippen LogP contribution in [0.25, 0.3) is 0 Å². The lowest BCUT2D eigenvalue weighted by atomic mass is 10.5. The molecule has 2 rings (SSSR count). The van der Waals surface area contributed by atoms with Gasteiger partial charge in [-0.15, -0.1) is 0 Å². The van der Waals surface area contributed by atoms with E-state index < -0.39 is 0 Å². The number of methoxy groups -OCH3 is 1.